The van der Waals surface area contributed by atoms with Crippen LogP contribution in [0.25, 0.3) is 10.2 Å². The number of hydrogen-bond acceptors (Lipinski definition) is 6. The summed E-state index contributed by atoms with van der Waals surface area (Å²) in [5.74, 6) is -0.204. The van der Waals surface area contributed by atoms with Crippen LogP contribution in [0.3, 0.4) is 0 Å². The average molecular weight is 572 g/mol. The van der Waals surface area contributed by atoms with E-state index in [1.165, 1.54) is 27.8 Å². The fourth-order valence-corrected chi connectivity index (χ4v) is 7.29. The molecule has 36 heavy (non-hydrogen) atoms. The number of amides is 1. The van der Waals surface area contributed by atoms with Crippen LogP contribution in [0.5, 0.6) is 0 Å². The topological polar surface area (TPSA) is 73.8 Å². The summed E-state index contributed by atoms with van der Waals surface area (Å²) in [7, 11) is -3.53. The molecule has 0 aliphatic carbocycles. The fourth-order valence-electron chi connectivity index (χ4n) is 4.33. The van der Waals surface area contributed by atoms with Crippen molar-refractivity contribution in [3.8, 4) is 0 Å². The highest BCUT2D eigenvalue weighted by molar-refractivity contribution is 7.89. The number of rotatable bonds is 9. The van der Waals surface area contributed by atoms with Crippen LogP contribution >= 0.6 is 35.3 Å². The zero-order valence-corrected chi connectivity index (χ0v) is 23.9. The van der Waals surface area contributed by atoms with Crippen molar-refractivity contribution in [2.75, 3.05) is 44.2 Å². The standard InChI is InChI=1S/C25H31ClN4O3S2.ClH/c1-4-28(5-2)14-15-30(25-27-23-18(3)16-20(26)17-22(23)34-25)24(31)19-8-10-21(11-9-19)35(32,33)29-12-6-7-13-29;/h8-11,16-17H,4-7,12-15H2,1-3H3;1H. The molecule has 0 bridgehead atoms. The van der Waals surface area contributed by atoms with Crippen LogP contribution in [-0.2, 0) is 10.0 Å². The van der Waals surface area contributed by atoms with Crippen LogP contribution in [0.4, 0.5) is 5.13 Å². The zero-order valence-electron chi connectivity index (χ0n) is 20.7. The smallest absolute Gasteiger partial charge is 0.260 e. The molecule has 0 atom stereocenters. The maximum Gasteiger partial charge on any atom is 0.260 e. The molecule has 196 valence electrons. The van der Waals surface area contributed by atoms with Crippen molar-refractivity contribution in [3.63, 3.8) is 0 Å². The Kier molecular flexibility index (Phi) is 9.76. The highest BCUT2D eigenvalue weighted by Gasteiger charge is 2.28. The Hall–Kier alpha value is -1.75. The second-order valence-corrected chi connectivity index (χ2v) is 12.1. The van der Waals surface area contributed by atoms with Gasteiger partial charge in [-0.1, -0.05) is 36.8 Å². The lowest BCUT2D eigenvalue weighted by atomic mass is 10.2. The number of benzene rings is 2. The van der Waals surface area contributed by atoms with E-state index in [-0.39, 0.29) is 23.2 Å². The molecule has 1 aliphatic heterocycles. The van der Waals surface area contributed by atoms with Crippen molar-refractivity contribution < 1.29 is 13.2 Å². The Balaban J connectivity index is 0.00000361. The maximum atomic E-state index is 13.7. The van der Waals surface area contributed by atoms with Gasteiger partial charge in [-0.25, -0.2) is 13.4 Å². The minimum Gasteiger partial charge on any atom is -0.302 e. The van der Waals surface area contributed by atoms with Crippen LogP contribution in [0.2, 0.25) is 5.02 Å². The zero-order chi connectivity index (χ0) is 25.2. The molecule has 0 radical (unpaired) electrons. The molecule has 0 saturated carbocycles. The van der Waals surface area contributed by atoms with Gasteiger partial charge in [-0.3, -0.25) is 9.69 Å². The summed E-state index contributed by atoms with van der Waals surface area (Å²) in [4.78, 5) is 22.6. The number of hydrogen-bond donors (Lipinski definition) is 0. The Labute approximate surface area is 228 Å². The van der Waals surface area contributed by atoms with E-state index in [9.17, 15) is 13.2 Å². The molecule has 2 aromatic carbocycles. The monoisotopic (exact) mass is 570 g/mol. The third-order valence-corrected chi connectivity index (χ3v) is 9.61. The van der Waals surface area contributed by atoms with Gasteiger partial charge in [0.25, 0.3) is 5.91 Å². The number of halogens is 2. The van der Waals surface area contributed by atoms with Crippen molar-refractivity contribution in [2.45, 2.75) is 38.5 Å². The minimum atomic E-state index is -3.53. The number of nitrogens with zero attached hydrogens (tertiary/aromatic N) is 4. The van der Waals surface area contributed by atoms with Gasteiger partial charge in [0.1, 0.15) is 0 Å². The van der Waals surface area contributed by atoms with E-state index < -0.39 is 10.0 Å². The predicted octanol–water partition coefficient (Wildman–Crippen LogP) is 5.45. The number of anilines is 1. The van der Waals surface area contributed by atoms with E-state index in [0.29, 0.717) is 41.9 Å². The number of carbonyl (C=O) groups excluding carboxylic acids is 1. The quantitative estimate of drug-likeness (QED) is 0.342. The van der Waals surface area contributed by atoms with Crippen LogP contribution in [0.15, 0.2) is 41.3 Å². The van der Waals surface area contributed by atoms with Crippen molar-refractivity contribution >= 4 is 66.6 Å². The maximum absolute atomic E-state index is 13.7. The van der Waals surface area contributed by atoms with Crippen molar-refractivity contribution in [3.05, 3.63) is 52.5 Å². The van der Waals surface area contributed by atoms with Crippen LogP contribution in [0.1, 0.15) is 42.6 Å². The van der Waals surface area contributed by atoms with Gasteiger partial charge >= 0.3 is 0 Å². The van der Waals surface area contributed by atoms with E-state index in [0.717, 1.165) is 41.7 Å². The third kappa shape index (κ3) is 6.03. The summed E-state index contributed by atoms with van der Waals surface area (Å²) in [6.07, 6.45) is 1.76. The SMILES string of the molecule is CCN(CC)CCN(C(=O)c1ccc(S(=O)(=O)N2CCCC2)cc1)c1nc2c(C)cc(Cl)cc2s1.Cl. The van der Waals surface area contributed by atoms with Gasteiger partial charge in [-0.05, 0) is 74.8 Å². The molecule has 1 aromatic heterocycles. The minimum absolute atomic E-state index is 0. The van der Waals surface area contributed by atoms with Gasteiger partial charge in [0.05, 0.1) is 15.1 Å². The second kappa shape index (κ2) is 12.2. The lowest BCUT2D eigenvalue weighted by molar-refractivity contribution is 0.0983. The predicted molar refractivity (Wildman–Crippen MR) is 151 cm³/mol. The summed E-state index contributed by atoms with van der Waals surface area (Å²) < 4.78 is 28.2. The molecule has 1 fully saturated rings. The average Bonchev–Trinajstić information content (AvgIpc) is 3.53. The molecular weight excluding hydrogens is 539 g/mol. The van der Waals surface area contributed by atoms with E-state index in [1.807, 2.05) is 19.1 Å². The Morgan fingerprint density at radius 2 is 1.72 bits per heavy atom. The summed E-state index contributed by atoms with van der Waals surface area (Å²) in [5, 5.41) is 1.25. The normalized spacial score (nSPS) is 14.4. The van der Waals surface area contributed by atoms with Crippen LogP contribution in [0, 0.1) is 6.92 Å². The summed E-state index contributed by atoms with van der Waals surface area (Å²) >= 11 is 7.69. The number of fused-ring (bicyclic) bond motifs is 1. The highest BCUT2D eigenvalue weighted by atomic mass is 35.5. The number of aromatic nitrogens is 1. The molecule has 1 amide bonds. The Morgan fingerprint density at radius 3 is 2.33 bits per heavy atom. The highest BCUT2D eigenvalue weighted by Crippen LogP contribution is 2.34. The van der Waals surface area contributed by atoms with Gasteiger partial charge in [-0.2, -0.15) is 4.31 Å². The lowest BCUT2D eigenvalue weighted by Gasteiger charge is -2.25. The molecule has 0 unspecified atom stereocenters. The van der Waals surface area contributed by atoms with Crippen molar-refractivity contribution in [1.82, 2.24) is 14.2 Å². The summed E-state index contributed by atoms with van der Waals surface area (Å²) in [6.45, 7) is 10.2. The van der Waals surface area contributed by atoms with E-state index in [4.69, 9.17) is 16.6 Å². The molecule has 4 rings (SSSR count). The van der Waals surface area contributed by atoms with Crippen molar-refractivity contribution in [1.29, 1.82) is 0 Å². The number of sulfonamides is 1. The molecule has 0 spiro atoms. The van der Waals surface area contributed by atoms with Gasteiger partial charge in [0, 0.05) is 36.8 Å². The Bertz CT molecular complexity index is 1300. The summed E-state index contributed by atoms with van der Waals surface area (Å²) in [5.41, 5.74) is 2.23. The van der Waals surface area contributed by atoms with E-state index >= 15 is 0 Å². The lowest BCUT2D eigenvalue weighted by Crippen LogP contribution is -2.38. The van der Waals surface area contributed by atoms with Gasteiger partial charge < -0.3 is 4.90 Å². The van der Waals surface area contributed by atoms with Crippen LogP contribution < -0.4 is 4.90 Å². The first-order chi connectivity index (χ1) is 16.7. The van der Waals surface area contributed by atoms with Gasteiger partial charge in [0.15, 0.2) is 5.13 Å². The van der Waals surface area contributed by atoms with E-state index in [1.54, 1.807) is 17.0 Å². The first-order valence-electron chi connectivity index (χ1n) is 12.0. The largest absolute Gasteiger partial charge is 0.302 e. The molecule has 3 aromatic rings. The van der Waals surface area contributed by atoms with Gasteiger partial charge in [-0.15, -0.1) is 12.4 Å². The number of aryl methyl sites for hydroxylation is 1. The first kappa shape index (κ1) is 28.8. The molecule has 7 nitrogen and oxygen atoms in total. The van der Waals surface area contributed by atoms with Crippen molar-refractivity contribution in [2.24, 2.45) is 0 Å². The van der Waals surface area contributed by atoms with Crippen LogP contribution in [-0.4, -0.2) is 67.8 Å². The summed E-state index contributed by atoms with van der Waals surface area (Å²) in [6, 6.07) is 10.0. The fraction of sp³-hybridized carbons (Fsp3) is 0.440. The Morgan fingerprint density at radius 1 is 1.08 bits per heavy atom. The molecule has 11 heteroatoms. The second-order valence-electron chi connectivity index (χ2n) is 8.69. The van der Waals surface area contributed by atoms with E-state index in [2.05, 4.69) is 18.7 Å². The molecule has 2 heterocycles. The van der Waals surface area contributed by atoms with Gasteiger partial charge in [0.2, 0.25) is 10.0 Å². The number of likely N-dealkylation sites (N-methyl/N-ethyl adjacent to an activating group) is 1. The molecule has 1 saturated heterocycles. The molecule has 1 aliphatic rings. The first-order valence-corrected chi connectivity index (χ1v) is 14.6. The number of carbonyl (C=O) groups is 1. The third-order valence-electron chi connectivity index (χ3n) is 6.45. The molecular formula is C25H32Cl2N4O3S2. The molecule has 0 N–H and O–H groups in total. The number of thiazole rings is 1.